The molecule has 1 N–H and O–H groups in total. The van der Waals surface area contributed by atoms with Crippen LogP contribution >= 0.6 is 15.9 Å². The molecule has 1 atom stereocenters. The summed E-state index contributed by atoms with van der Waals surface area (Å²) in [6.45, 7) is 0. The van der Waals surface area contributed by atoms with Crippen LogP contribution in [0.25, 0.3) is 0 Å². The van der Waals surface area contributed by atoms with E-state index in [0.29, 0.717) is 0 Å². The Bertz CT molecular complexity index is 607. The lowest BCUT2D eigenvalue weighted by Gasteiger charge is -2.15. The Balaban J connectivity index is 1.80. The number of benzene rings is 1. The van der Waals surface area contributed by atoms with E-state index in [-0.39, 0.29) is 16.3 Å². The zero-order chi connectivity index (χ0) is 14.3. The summed E-state index contributed by atoms with van der Waals surface area (Å²) in [5.74, 6) is 0.138. The third-order valence-electron chi connectivity index (χ3n) is 3.38. The molecule has 3 rings (SSSR count). The Kier molecular flexibility index (Phi) is 3.24. The van der Waals surface area contributed by atoms with Crippen molar-refractivity contribution in [1.29, 1.82) is 0 Å². The Hall–Kier alpha value is -1.50. The van der Waals surface area contributed by atoms with Gasteiger partial charge in [0, 0.05) is 0 Å². The van der Waals surface area contributed by atoms with Gasteiger partial charge in [-0.15, -0.1) is 10.5 Å². The molecule has 1 aromatic carbocycles. The van der Waals surface area contributed by atoms with Crippen LogP contribution in [0.2, 0.25) is 0 Å². The minimum absolute atomic E-state index is 0.0275. The third kappa shape index (κ3) is 2.30. The van der Waals surface area contributed by atoms with Gasteiger partial charge in [-0.1, -0.05) is 24.3 Å². The van der Waals surface area contributed by atoms with Gasteiger partial charge >= 0.3 is 6.18 Å². The largest absolute Gasteiger partial charge is 0.436 e. The van der Waals surface area contributed by atoms with Crippen LogP contribution in [0.5, 0.6) is 0 Å². The molecule has 1 heterocycles. The first kappa shape index (κ1) is 13.5. The molecule has 3 nitrogen and oxygen atoms in total. The maximum atomic E-state index is 12.7. The highest BCUT2D eigenvalue weighted by Crippen LogP contribution is 2.34. The number of nitrogens with one attached hydrogen (secondary N) is 1. The molecule has 1 unspecified atom stereocenters. The van der Waals surface area contributed by atoms with E-state index in [0.717, 1.165) is 18.4 Å². The molecule has 1 aromatic rings. The maximum Gasteiger partial charge on any atom is 0.436 e. The van der Waals surface area contributed by atoms with Gasteiger partial charge < -0.3 is 5.32 Å². The summed E-state index contributed by atoms with van der Waals surface area (Å²) in [7, 11) is 0. The molecule has 0 amide bonds. The van der Waals surface area contributed by atoms with Gasteiger partial charge in [-0.25, -0.2) is 0 Å². The number of aryl methyl sites for hydroxylation is 1. The Labute approximate surface area is 122 Å². The second-order valence-corrected chi connectivity index (χ2v) is 5.44. The molecule has 1 radical (unpaired) electrons. The average molecular weight is 345 g/mol. The quantitative estimate of drug-likeness (QED) is 0.877. The molecule has 0 aromatic heterocycles. The molecule has 0 spiro atoms. The van der Waals surface area contributed by atoms with Crippen molar-refractivity contribution < 1.29 is 13.2 Å². The molecular weight excluding hydrogens is 335 g/mol. The first-order chi connectivity index (χ1) is 9.47. The zero-order valence-electron chi connectivity index (χ0n) is 10.2. The van der Waals surface area contributed by atoms with E-state index in [1.807, 2.05) is 24.3 Å². The highest BCUT2D eigenvalue weighted by molar-refractivity contribution is 9.12. The molecule has 2 aliphatic rings. The molecule has 0 fully saturated rings. The van der Waals surface area contributed by atoms with E-state index < -0.39 is 11.9 Å². The maximum absolute atomic E-state index is 12.7. The number of halogens is 4. The molecule has 7 heteroatoms. The van der Waals surface area contributed by atoms with E-state index in [1.54, 1.807) is 0 Å². The van der Waals surface area contributed by atoms with Gasteiger partial charge in [-0.2, -0.15) is 13.2 Å². The number of alkyl halides is 3. The lowest BCUT2D eigenvalue weighted by atomic mass is 10.1. The third-order valence-corrected chi connectivity index (χ3v) is 4.13. The van der Waals surface area contributed by atoms with Crippen LogP contribution in [0.4, 0.5) is 13.2 Å². The van der Waals surface area contributed by atoms with Crippen LogP contribution in [0, 0.1) is 0 Å². The SMILES string of the molecule is FC(F)(F)C1=N[N]C(NC2CCc3ccccc32)=C1Br. The Morgan fingerprint density at radius 1 is 1.25 bits per heavy atom. The predicted octanol–water partition coefficient (Wildman–Crippen LogP) is 3.36. The van der Waals surface area contributed by atoms with Gasteiger partial charge in [0.05, 0.1) is 10.5 Å². The smallest absolute Gasteiger partial charge is 0.361 e. The molecule has 0 saturated carbocycles. The fraction of sp³-hybridized carbons (Fsp3) is 0.308. The predicted molar refractivity (Wildman–Crippen MR) is 72.2 cm³/mol. The highest BCUT2D eigenvalue weighted by Gasteiger charge is 2.42. The Morgan fingerprint density at radius 3 is 2.70 bits per heavy atom. The second-order valence-electron chi connectivity index (χ2n) is 4.64. The van der Waals surface area contributed by atoms with Crippen molar-refractivity contribution in [2.24, 2.45) is 5.10 Å². The zero-order valence-corrected chi connectivity index (χ0v) is 11.8. The van der Waals surface area contributed by atoms with Gasteiger partial charge in [0.15, 0.2) is 11.5 Å². The highest BCUT2D eigenvalue weighted by atomic mass is 79.9. The summed E-state index contributed by atoms with van der Waals surface area (Å²) < 4.78 is 37.8. The van der Waals surface area contributed by atoms with E-state index in [2.05, 4.69) is 31.8 Å². The normalized spacial score (nSPS) is 21.6. The van der Waals surface area contributed by atoms with Crippen LogP contribution < -0.4 is 10.7 Å². The van der Waals surface area contributed by atoms with Crippen molar-refractivity contribution in [1.82, 2.24) is 10.7 Å². The van der Waals surface area contributed by atoms with Gasteiger partial charge in [-0.05, 0) is 39.9 Å². The number of rotatable bonds is 2. The van der Waals surface area contributed by atoms with Crippen LogP contribution in [-0.4, -0.2) is 11.9 Å². The fourth-order valence-electron chi connectivity index (χ4n) is 2.45. The summed E-state index contributed by atoms with van der Waals surface area (Å²) in [6, 6.07) is 7.87. The summed E-state index contributed by atoms with van der Waals surface area (Å²) >= 11 is 2.93. The van der Waals surface area contributed by atoms with Crippen molar-refractivity contribution in [2.45, 2.75) is 25.1 Å². The van der Waals surface area contributed by atoms with Crippen LogP contribution in [-0.2, 0) is 6.42 Å². The number of nitrogens with zero attached hydrogens (tertiary/aromatic N) is 2. The first-order valence-electron chi connectivity index (χ1n) is 6.07. The summed E-state index contributed by atoms with van der Waals surface area (Å²) in [5.41, 5.74) is 4.92. The fourth-order valence-corrected chi connectivity index (χ4v) is 2.94. The second kappa shape index (κ2) is 4.80. The van der Waals surface area contributed by atoms with Gasteiger partial charge in [-0.3, -0.25) is 0 Å². The molecule has 1 aliphatic carbocycles. The number of allylic oxidation sites excluding steroid dienone is 1. The van der Waals surface area contributed by atoms with E-state index in [1.165, 1.54) is 5.56 Å². The Morgan fingerprint density at radius 2 is 2.00 bits per heavy atom. The van der Waals surface area contributed by atoms with Crippen LogP contribution in [0.1, 0.15) is 23.6 Å². The number of hydrogen-bond acceptors (Lipinski definition) is 2. The van der Waals surface area contributed by atoms with Gasteiger partial charge in [0.25, 0.3) is 0 Å². The number of fused-ring (bicyclic) bond motifs is 1. The summed E-state index contributed by atoms with van der Waals surface area (Å²) in [6.07, 6.45) is -2.76. The molecule has 1 aliphatic heterocycles. The molecular formula is C13H10BrF3N3. The monoisotopic (exact) mass is 344 g/mol. The molecule has 105 valence electrons. The molecule has 0 bridgehead atoms. The van der Waals surface area contributed by atoms with Gasteiger partial charge in [0.2, 0.25) is 0 Å². The van der Waals surface area contributed by atoms with Crippen LogP contribution in [0.15, 0.2) is 39.7 Å². The number of hydrogen-bond donors (Lipinski definition) is 1. The van der Waals surface area contributed by atoms with Crippen molar-refractivity contribution in [3.63, 3.8) is 0 Å². The minimum Gasteiger partial charge on any atom is -0.361 e. The average Bonchev–Trinajstić information content (AvgIpc) is 2.95. The van der Waals surface area contributed by atoms with Crippen LogP contribution in [0.3, 0.4) is 0 Å². The van der Waals surface area contributed by atoms with Crippen molar-refractivity contribution in [2.75, 3.05) is 0 Å². The molecule has 20 heavy (non-hydrogen) atoms. The van der Waals surface area contributed by atoms with Gasteiger partial charge in [0.1, 0.15) is 0 Å². The summed E-state index contributed by atoms with van der Waals surface area (Å²) in [4.78, 5) is 0. The molecule has 0 saturated heterocycles. The lowest BCUT2D eigenvalue weighted by molar-refractivity contribution is -0.0578. The standard InChI is InChI=1S/C13H10BrF3N3/c14-10-11(13(15,16)17)19-20-12(10)18-9-6-5-7-3-1-2-4-8(7)9/h1-4,9,18H,5-6H2. The van der Waals surface area contributed by atoms with Crippen molar-refractivity contribution >= 4 is 21.6 Å². The first-order valence-corrected chi connectivity index (χ1v) is 6.86. The van der Waals surface area contributed by atoms with E-state index in [9.17, 15) is 13.2 Å². The van der Waals surface area contributed by atoms with E-state index in [4.69, 9.17) is 0 Å². The van der Waals surface area contributed by atoms with Crippen molar-refractivity contribution in [3.8, 4) is 0 Å². The van der Waals surface area contributed by atoms with E-state index >= 15 is 0 Å². The minimum atomic E-state index is -4.50. The lowest BCUT2D eigenvalue weighted by Crippen LogP contribution is -2.24. The summed E-state index contributed by atoms with van der Waals surface area (Å²) in [5, 5.41) is 6.24. The van der Waals surface area contributed by atoms with Crippen molar-refractivity contribution in [3.05, 3.63) is 45.7 Å². The topological polar surface area (TPSA) is 38.5 Å².